The number of hydrogen-bond acceptors (Lipinski definition) is 3. The van der Waals surface area contributed by atoms with Crippen molar-refractivity contribution in [3.63, 3.8) is 0 Å². The van der Waals surface area contributed by atoms with Crippen molar-refractivity contribution in [2.75, 3.05) is 13.2 Å². The normalized spacial score (nSPS) is 9.94. The summed E-state index contributed by atoms with van der Waals surface area (Å²) in [6, 6.07) is 5.83. The maximum atomic E-state index is 11.2. The van der Waals surface area contributed by atoms with Crippen molar-refractivity contribution in [2.45, 2.75) is 20.8 Å². The quantitative estimate of drug-likeness (QED) is 0.774. The van der Waals surface area contributed by atoms with Crippen LogP contribution in [0.4, 0.5) is 0 Å². The minimum absolute atomic E-state index is 0.0388. The van der Waals surface area contributed by atoms with Gasteiger partial charge in [-0.05, 0) is 44.0 Å². The van der Waals surface area contributed by atoms with E-state index >= 15 is 0 Å². The molecule has 1 aromatic rings. The summed E-state index contributed by atoms with van der Waals surface area (Å²) < 4.78 is 5.33. The molecule has 1 rings (SSSR count). The highest BCUT2D eigenvalue weighted by atomic mass is 16.7. The SMILES string of the molecule is CCONC(=O)COc1cc(C)cc(C)c1. The molecule has 16 heavy (non-hydrogen) atoms. The highest BCUT2D eigenvalue weighted by Crippen LogP contribution is 2.15. The number of carbonyl (C=O) groups is 1. The number of amides is 1. The molecule has 0 saturated heterocycles. The molecule has 0 unspecified atom stereocenters. The highest BCUT2D eigenvalue weighted by Gasteiger charge is 2.02. The van der Waals surface area contributed by atoms with Gasteiger partial charge in [0.2, 0.25) is 0 Å². The first-order valence-corrected chi connectivity index (χ1v) is 5.23. The Kier molecular flexibility index (Phi) is 4.79. The summed E-state index contributed by atoms with van der Waals surface area (Å²) in [6.45, 7) is 6.17. The first-order valence-electron chi connectivity index (χ1n) is 5.23. The maximum Gasteiger partial charge on any atom is 0.281 e. The van der Waals surface area contributed by atoms with Crippen molar-refractivity contribution >= 4 is 5.91 Å². The van der Waals surface area contributed by atoms with Gasteiger partial charge in [-0.3, -0.25) is 9.63 Å². The van der Waals surface area contributed by atoms with Gasteiger partial charge in [-0.1, -0.05) is 6.07 Å². The van der Waals surface area contributed by atoms with Gasteiger partial charge in [0.15, 0.2) is 6.61 Å². The van der Waals surface area contributed by atoms with E-state index < -0.39 is 0 Å². The largest absolute Gasteiger partial charge is 0.484 e. The van der Waals surface area contributed by atoms with Gasteiger partial charge >= 0.3 is 0 Å². The fraction of sp³-hybridized carbons (Fsp3) is 0.417. The van der Waals surface area contributed by atoms with Crippen LogP contribution in [0.5, 0.6) is 5.75 Å². The van der Waals surface area contributed by atoms with Crippen LogP contribution in [0.15, 0.2) is 18.2 Å². The second-order valence-electron chi connectivity index (χ2n) is 3.57. The van der Waals surface area contributed by atoms with Gasteiger partial charge in [-0.2, -0.15) is 0 Å². The predicted octanol–water partition coefficient (Wildman–Crippen LogP) is 1.75. The Bertz CT molecular complexity index is 343. The third-order valence-electron chi connectivity index (χ3n) is 1.90. The first kappa shape index (κ1) is 12.5. The Balaban J connectivity index is 2.45. The predicted molar refractivity (Wildman–Crippen MR) is 61.2 cm³/mol. The van der Waals surface area contributed by atoms with E-state index in [1.54, 1.807) is 6.92 Å². The number of hydrogen-bond donors (Lipinski definition) is 1. The van der Waals surface area contributed by atoms with Crippen molar-refractivity contribution in [3.8, 4) is 5.75 Å². The molecular weight excluding hydrogens is 206 g/mol. The summed E-state index contributed by atoms with van der Waals surface area (Å²) in [5, 5.41) is 0. The lowest BCUT2D eigenvalue weighted by Crippen LogP contribution is -2.28. The fourth-order valence-electron chi connectivity index (χ4n) is 1.35. The average molecular weight is 223 g/mol. The fourth-order valence-corrected chi connectivity index (χ4v) is 1.35. The molecule has 0 fully saturated rings. The lowest BCUT2D eigenvalue weighted by atomic mass is 10.1. The van der Waals surface area contributed by atoms with Crippen LogP contribution in [-0.4, -0.2) is 19.1 Å². The monoisotopic (exact) mass is 223 g/mol. The van der Waals surface area contributed by atoms with E-state index in [0.29, 0.717) is 12.4 Å². The highest BCUT2D eigenvalue weighted by molar-refractivity contribution is 5.76. The van der Waals surface area contributed by atoms with Crippen molar-refractivity contribution in [1.82, 2.24) is 5.48 Å². The Labute approximate surface area is 95.5 Å². The molecule has 1 N–H and O–H groups in total. The van der Waals surface area contributed by atoms with Gasteiger partial charge < -0.3 is 4.74 Å². The number of rotatable bonds is 5. The van der Waals surface area contributed by atoms with Crippen molar-refractivity contribution in [2.24, 2.45) is 0 Å². The van der Waals surface area contributed by atoms with E-state index in [1.165, 1.54) is 0 Å². The van der Waals surface area contributed by atoms with Crippen LogP contribution in [0, 0.1) is 13.8 Å². The third-order valence-corrected chi connectivity index (χ3v) is 1.90. The van der Waals surface area contributed by atoms with Crippen molar-refractivity contribution in [3.05, 3.63) is 29.3 Å². The smallest absolute Gasteiger partial charge is 0.281 e. The van der Waals surface area contributed by atoms with E-state index in [4.69, 9.17) is 9.57 Å². The lowest BCUT2D eigenvalue weighted by molar-refractivity contribution is -0.135. The summed E-state index contributed by atoms with van der Waals surface area (Å²) in [5.74, 6) is 0.408. The number of carbonyl (C=O) groups excluding carboxylic acids is 1. The molecule has 0 heterocycles. The molecule has 0 spiro atoms. The zero-order valence-electron chi connectivity index (χ0n) is 9.87. The van der Waals surface area contributed by atoms with Gasteiger partial charge in [0.1, 0.15) is 5.75 Å². The number of nitrogens with one attached hydrogen (secondary N) is 1. The van der Waals surface area contributed by atoms with Gasteiger partial charge in [-0.25, -0.2) is 5.48 Å². The molecule has 0 saturated carbocycles. The standard InChI is InChI=1S/C12H17NO3/c1-4-16-13-12(14)8-15-11-6-9(2)5-10(3)7-11/h5-7H,4,8H2,1-3H3,(H,13,14). The van der Waals surface area contributed by atoms with Crippen LogP contribution in [0.3, 0.4) is 0 Å². The molecule has 4 nitrogen and oxygen atoms in total. The lowest BCUT2D eigenvalue weighted by Gasteiger charge is -2.08. The zero-order valence-corrected chi connectivity index (χ0v) is 9.87. The van der Waals surface area contributed by atoms with Crippen molar-refractivity contribution in [1.29, 1.82) is 0 Å². The molecule has 0 radical (unpaired) electrons. The molecule has 88 valence electrons. The van der Waals surface area contributed by atoms with Crippen LogP contribution in [0.2, 0.25) is 0 Å². The molecule has 1 aromatic carbocycles. The Morgan fingerprint density at radius 3 is 2.44 bits per heavy atom. The maximum absolute atomic E-state index is 11.2. The zero-order chi connectivity index (χ0) is 12.0. The van der Waals surface area contributed by atoms with E-state index in [0.717, 1.165) is 11.1 Å². The summed E-state index contributed by atoms with van der Waals surface area (Å²) in [7, 11) is 0. The average Bonchev–Trinajstić information content (AvgIpc) is 2.22. The summed E-state index contributed by atoms with van der Waals surface area (Å²) in [4.78, 5) is 15.9. The van der Waals surface area contributed by atoms with Crippen LogP contribution >= 0.6 is 0 Å². The van der Waals surface area contributed by atoms with E-state index in [2.05, 4.69) is 5.48 Å². The van der Waals surface area contributed by atoms with E-state index in [1.807, 2.05) is 32.0 Å². The number of hydroxylamine groups is 1. The molecule has 0 aliphatic carbocycles. The molecule has 0 aliphatic heterocycles. The minimum atomic E-state index is -0.291. The van der Waals surface area contributed by atoms with Crippen LogP contribution in [0.25, 0.3) is 0 Å². The Hall–Kier alpha value is -1.55. The molecule has 1 amide bonds. The molecular formula is C12H17NO3. The molecule has 4 heteroatoms. The number of ether oxygens (including phenoxy) is 1. The van der Waals surface area contributed by atoms with E-state index in [-0.39, 0.29) is 12.5 Å². The van der Waals surface area contributed by atoms with E-state index in [9.17, 15) is 4.79 Å². The Morgan fingerprint density at radius 1 is 1.25 bits per heavy atom. The summed E-state index contributed by atoms with van der Waals surface area (Å²) in [6.07, 6.45) is 0. The molecule has 0 atom stereocenters. The minimum Gasteiger partial charge on any atom is -0.484 e. The topological polar surface area (TPSA) is 47.6 Å². The summed E-state index contributed by atoms with van der Waals surface area (Å²) in [5.41, 5.74) is 4.49. The van der Waals surface area contributed by atoms with Gasteiger partial charge in [0.05, 0.1) is 6.61 Å². The molecule has 0 bridgehead atoms. The number of aryl methyl sites for hydroxylation is 2. The van der Waals surface area contributed by atoms with Gasteiger partial charge in [0, 0.05) is 0 Å². The van der Waals surface area contributed by atoms with Crippen LogP contribution < -0.4 is 10.2 Å². The molecule has 0 aliphatic rings. The Morgan fingerprint density at radius 2 is 1.88 bits per heavy atom. The summed E-state index contributed by atoms with van der Waals surface area (Å²) >= 11 is 0. The van der Waals surface area contributed by atoms with Gasteiger partial charge in [0.25, 0.3) is 5.91 Å². The first-order chi connectivity index (χ1) is 7.61. The van der Waals surface area contributed by atoms with Crippen LogP contribution in [-0.2, 0) is 9.63 Å². The van der Waals surface area contributed by atoms with Crippen molar-refractivity contribution < 1.29 is 14.4 Å². The van der Waals surface area contributed by atoms with Crippen LogP contribution in [0.1, 0.15) is 18.1 Å². The second kappa shape index (κ2) is 6.12. The second-order valence-corrected chi connectivity index (χ2v) is 3.57. The molecule has 0 aromatic heterocycles. The number of benzene rings is 1. The third kappa shape index (κ3) is 4.31. The van der Waals surface area contributed by atoms with Gasteiger partial charge in [-0.15, -0.1) is 0 Å².